The average Bonchev–Trinajstić information content (AvgIpc) is 2.80. The van der Waals surface area contributed by atoms with Crippen LogP contribution in [0.15, 0.2) is 60.7 Å². The molecule has 1 aliphatic heterocycles. The lowest BCUT2D eigenvalue weighted by Gasteiger charge is -2.34. The van der Waals surface area contributed by atoms with Gasteiger partial charge < -0.3 is 25.0 Å². The number of urea groups is 1. The van der Waals surface area contributed by atoms with E-state index >= 15 is 0 Å². The summed E-state index contributed by atoms with van der Waals surface area (Å²) < 4.78 is 10.9. The Morgan fingerprint density at radius 3 is 2.50 bits per heavy atom. The van der Waals surface area contributed by atoms with Crippen LogP contribution in [-0.4, -0.2) is 48.9 Å². The molecule has 0 radical (unpaired) electrons. The molecule has 8 heteroatoms. The first-order valence-electron chi connectivity index (χ1n) is 10.6. The van der Waals surface area contributed by atoms with Crippen molar-refractivity contribution in [3.8, 4) is 11.4 Å². The van der Waals surface area contributed by atoms with Gasteiger partial charge in [0, 0.05) is 36.7 Å². The van der Waals surface area contributed by atoms with Crippen LogP contribution in [-0.2, 0) is 16.1 Å². The van der Waals surface area contributed by atoms with E-state index in [9.17, 15) is 4.79 Å². The zero-order chi connectivity index (χ0) is 22.3. The maximum atomic E-state index is 12.2. The fraction of sp³-hybridized carbons (Fsp3) is 0.292. The second-order valence-corrected chi connectivity index (χ2v) is 7.61. The molecule has 0 spiro atoms. The molecule has 0 unspecified atom stereocenters. The molecule has 2 amide bonds. The second-order valence-electron chi connectivity index (χ2n) is 7.61. The summed E-state index contributed by atoms with van der Waals surface area (Å²) in [6.45, 7) is 4.65. The molecule has 0 bridgehead atoms. The van der Waals surface area contributed by atoms with E-state index in [4.69, 9.17) is 14.5 Å². The molecule has 0 saturated carbocycles. The number of hydrogen-bond acceptors (Lipinski definition) is 6. The Labute approximate surface area is 187 Å². The Hall–Kier alpha value is -3.49. The van der Waals surface area contributed by atoms with Crippen molar-refractivity contribution < 1.29 is 14.3 Å². The molecule has 1 aromatic heterocycles. The smallest absolute Gasteiger partial charge is 0.323 e. The number of para-hydroxylation sites is 1. The van der Waals surface area contributed by atoms with Gasteiger partial charge in [0.15, 0.2) is 5.82 Å². The predicted octanol–water partition coefficient (Wildman–Crippen LogP) is 4.16. The van der Waals surface area contributed by atoms with Crippen LogP contribution in [0.2, 0.25) is 0 Å². The molecule has 1 aliphatic rings. The third-order valence-corrected chi connectivity index (χ3v) is 5.15. The average molecular weight is 434 g/mol. The minimum absolute atomic E-state index is 0.233. The zero-order valence-electron chi connectivity index (χ0n) is 18.2. The summed E-state index contributed by atoms with van der Waals surface area (Å²) in [5, 5.41) is 5.64. The molecule has 1 atom stereocenters. The van der Waals surface area contributed by atoms with Crippen LogP contribution in [0.3, 0.4) is 0 Å². The monoisotopic (exact) mass is 433 g/mol. The van der Waals surface area contributed by atoms with Gasteiger partial charge in [0.05, 0.1) is 31.6 Å². The number of morpholine rings is 1. The van der Waals surface area contributed by atoms with Crippen molar-refractivity contribution in [1.29, 1.82) is 0 Å². The highest BCUT2D eigenvalue weighted by molar-refractivity contribution is 5.99. The van der Waals surface area contributed by atoms with Crippen LogP contribution in [0.4, 0.5) is 22.0 Å². The molecule has 2 N–H and O–H groups in total. The number of nitrogens with zero attached hydrogens (tertiary/aromatic N) is 3. The minimum atomic E-state index is -0.300. The second kappa shape index (κ2) is 10.2. The van der Waals surface area contributed by atoms with Gasteiger partial charge in [-0.15, -0.1) is 0 Å². The van der Waals surface area contributed by atoms with Crippen molar-refractivity contribution in [2.75, 3.05) is 42.4 Å². The maximum Gasteiger partial charge on any atom is 0.323 e. The van der Waals surface area contributed by atoms with E-state index in [-0.39, 0.29) is 12.1 Å². The van der Waals surface area contributed by atoms with E-state index < -0.39 is 0 Å². The molecular weight excluding hydrogens is 406 g/mol. The van der Waals surface area contributed by atoms with Crippen LogP contribution < -0.4 is 15.5 Å². The van der Waals surface area contributed by atoms with Gasteiger partial charge in [-0.1, -0.05) is 18.2 Å². The Morgan fingerprint density at radius 1 is 1.09 bits per heavy atom. The van der Waals surface area contributed by atoms with Crippen molar-refractivity contribution in [3.05, 3.63) is 66.4 Å². The number of anilines is 3. The Kier molecular flexibility index (Phi) is 6.94. The van der Waals surface area contributed by atoms with Gasteiger partial charge in [0.25, 0.3) is 0 Å². The standard InChI is InChI=1S/C24H27N5O3/c1-17-15-32-13-12-29(17)22-14-21(16-31-2)25-23(28-22)18-8-10-20(11-9-18)27-24(30)26-19-6-4-3-5-7-19/h3-11,14,17H,12-13,15-16H2,1-2H3,(H2,26,27,30)/t17-/m0/s1. The molecule has 0 aliphatic carbocycles. The number of amides is 2. The zero-order valence-corrected chi connectivity index (χ0v) is 18.2. The van der Waals surface area contributed by atoms with Gasteiger partial charge in [0.2, 0.25) is 0 Å². The summed E-state index contributed by atoms with van der Waals surface area (Å²) in [6, 6.07) is 18.7. The molecule has 1 fully saturated rings. The lowest BCUT2D eigenvalue weighted by atomic mass is 10.2. The predicted molar refractivity (Wildman–Crippen MR) is 125 cm³/mol. The van der Waals surface area contributed by atoms with Crippen LogP contribution in [0.5, 0.6) is 0 Å². The molecule has 2 aromatic carbocycles. The number of carbonyl (C=O) groups excluding carboxylic acids is 1. The molecule has 1 saturated heterocycles. The lowest BCUT2D eigenvalue weighted by molar-refractivity contribution is 0.0985. The SMILES string of the molecule is COCc1cc(N2CCOC[C@@H]2C)nc(-c2ccc(NC(=O)Nc3ccccc3)cc2)n1. The maximum absolute atomic E-state index is 12.2. The molecule has 2 heterocycles. The first-order valence-corrected chi connectivity index (χ1v) is 10.6. The van der Waals surface area contributed by atoms with Gasteiger partial charge in [0.1, 0.15) is 5.82 Å². The molecule has 3 aromatic rings. The Balaban J connectivity index is 1.51. The highest BCUT2D eigenvalue weighted by atomic mass is 16.5. The van der Waals surface area contributed by atoms with Crippen LogP contribution in [0, 0.1) is 0 Å². The number of aromatic nitrogens is 2. The van der Waals surface area contributed by atoms with E-state index in [0.29, 0.717) is 31.3 Å². The van der Waals surface area contributed by atoms with E-state index in [2.05, 4.69) is 27.4 Å². The van der Waals surface area contributed by atoms with Crippen molar-refractivity contribution in [3.63, 3.8) is 0 Å². The Bertz CT molecular complexity index is 1040. The summed E-state index contributed by atoms with van der Waals surface area (Å²) in [7, 11) is 1.65. The number of methoxy groups -OCH3 is 1. The number of benzene rings is 2. The number of nitrogens with one attached hydrogen (secondary N) is 2. The molecule has 4 rings (SSSR count). The molecular formula is C24H27N5O3. The minimum Gasteiger partial charge on any atom is -0.378 e. The summed E-state index contributed by atoms with van der Waals surface area (Å²) in [5.74, 6) is 1.48. The van der Waals surface area contributed by atoms with E-state index in [1.54, 1.807) is 7.11 Å². The van der Waals surface area contributed by atoms with Crippen molar-refractivity contribution in [2.24, 2.45) is 0 Å². The van der Waals surface area contributed by atoms with Gasteiger partial charge in [-0.2, -0.15) is 0 Å². The Morgan fingerprint density at radius 2 is 1.81 bits per heavy atom. The summed E-state index contributed by atoms with van der Waals surface area (Å²) in [6.07, 6.45) is 0. The van der Waals surface area contributed by atoms with E-state index in [1.165, 1.54) is 0 Å². The largest absolute Gasteiger partial charge is 0.378 e. The van der Waals surface area contributed by atoms with Crippen LogP contribution in [0.25, 0.3) is 11.4 Å². The fourth-order valence-electron chi connectivity index (χ4n) is 3.57. The van der Waals surface area contributed by atoms with Gasteiger partial charge in [-0.25, -0.2) is 14.8 Å². The van der Waals surface area contributed by atoms with Gasteiger partial charge in [-0.3, -0.25) is 0 Å². The molecule has 8 nitrogen and oxygen atoms in total. The van der Waals surface area contributed by atoms with E-state index in [1.807, 2.05) is 60.7 Å². The highest BCUT2D eigenvalue weighted by Gasteiger charge is 2.21. The topological polar surface area (TPSA) is 88.6 Å². The van der Waals surface area contributed by atoms with Crippen LogP contribution >= 0.6 is 0 Å². The molecule has 166 valence electrons. The number of carbonyl (C=O) groups is 1. The lowest BCUT2D eigenvalue weighted by Crippen LogP contribution is -2.44. The summed E-state index contributed by atoms with van der Waals surface area (Å²) in [4.78, 5) is 23.9. The van der Waals surface area contributed by atoms with E-state index in [0.717, 1.165) is 29.3 Å². The normalized spacial score (nSPS) is 15.9. The highest BCUT2D eigenvalue weighted by Crippen LogP contribution is 2.24. The first-order chi connectivity index (χ1) is 15.6. The third kappa shape index (κ3) is 5.40. The number of ether oxygens (including phenoxy) is 2. The van der Waals surface area contributed by atoms with Crippen LogP contribution in [0.1, 0.15) is 12.6 Å². The summed E-state index contributed by atoms with van der Waals surface area (Å²) >= 11 is 0. The van der Waals surface area contributed by atoms with Crippen molar-refractivity contribution in [1.82, 2.24) is 9.97 Å². The van der Waals surface area contributed by atoms with Crippen molar-refractivity contribution in [2.45, 2.75) is 19.6 Å². The fourth-order valence-corrected chi connectivity index (χ4v) is 3.57. The van der Waals surface area contributed by atoms with Gasteiger partial charge >= 0.3 is 6.03 Å². The summed E-state index contributed by atoms with van der Waals surface area (Å²) in [5.41, 5.74) is 3.09. The number of hydrogen-bond donors (Lipinski definition) is 2. The first kappa shape index (κ1) is 21.7. The third-order valence-electron chi connectivity index (χ3n) is 5.15. The quantitative estimate of drug-likeness (QED) is 0.607. The van der Waals surface area contributed by atoms with Crippen molar-refractivity contribution >= 4 is 23.2 Å². The van der Waals surface area contributed by atoms with Gasteiger partial charge in [-0.05, 0) is 43.3 Å². The number of rotatable bonds is 6. The molecule has 32 heavy (non-hydrogen) atoms.